The predicted octanol–water partition coefficient (Wildman–Crippen LogP) is 0.854. The van der Waals surface area contributed by atoms with Crippen LogP contribution in [-0.4, -0.2) is 64.6 Å². The predicted molar refractivity (Wildman–Crippen MR) is 99.4 cm³/mol. The Morgan fingerprint density at radius 1 is 1.29 bits per heavy atom. The molecule has 1 amide bonds. The third-order valence-corrected chi connectivity index (χ3v) is 6.71. The highest BCUT2D eigenvalue weighted by atomic mass is 32.2. The third kappa shape index (κ3) is 4.62. The summed E-state index contributed by atoms with van der Waals surface area (Å²) in [5, 5.41) is 2.55. The van der Waals surface area contributed by atoms with Crippen LogP contribution < -0.4 is 10.1 Å². The van der Waals surface area contributed by atoms with Gasteiger partial charge in [0.15, 0.2) is 6.61 Å². The van der Waals surface area contributed by atoms with E-state index < -0.39 is 28.5 Å². The van der Waals surface area contributed by atoms with Crippen molar-refractivity contribution >= 4 is 27.6 Å². The fourth-order valence-electron chi connectivity index (χ4n) is 2.96. The Morgan fingerprint density at radius 3 is 2.57 bits per heavy atom. The average molecular weight is 412 g/mol. The summed E-state index contributed by atoms with van der Waals surface area (Å²) in [5.41, 5.74) is 0.192. The van der Waals surface area contributed by atoms with E-state index in [4.69, 9.17) is 14.2 Å². The first-order chi connectivity index (χ1) is 13.3. The lowest BCUT2D eigenvalue weighted by Crippen LogP contribution is -2.40. The first kappa shape index (κ1) is 20.6. The number of rotatable bonds is 7. The number of morpholine rings is 1. The zero-order chi connectivity index (χ0) is 20.3. The number of sulfonamides is 1. The Morgan fingerprint density at radius 2 is 1.96 bits per heavy atom. The van der Waals surface area contributed by atoms with Gasteiger partial charge in [0.2, 0.25) is 10.0 Å². The largest absolute Gasteiger partial charge is 0.495 e. The quantitative estimate of drug-likeness (QED) is 0.661. The van der Waals surface area contributed by atoms with Crippen molar-refractivity contribution < 1.29 is 32.2 Å². The second kappa shape index (κ2) is 8.46. The van der Waals surface area contributed by atoms with Gasteiger partial charge in [0, 0.05) is 13.1 Å². The zero-order valence-corrected chi connectivity index (χ0v) is 16.7. The molecule has 1 aromatic rings. The van der Waals surface area contributed by atoms with E-state index in [0.717, 1.165) is 6.42 Å². The first-order valence-corrected chi connectivity index (χ1v) is 10.5. The van der Waals surface area contributed by atoms with E-state index in [2.05, 4.69) is 5.32 Å². The highest BCUT2D eigenvalue weighted by molar-refractivity contribution is 7.89. The maximum atomic E-state index is 12.8. The molecule has 1 aliphatic heterocycles. The Balaban J connectivity index is 1.70. The van der Waals surface area contributed by atoms with E-state index in [-0.39, 0.29) is 35.5 Å². The molecule has 28 heavy (non-hydrogen) atoms. The molecule has 0 bridgehead atoms. The SMILES string of the molecule is COc1ccc(S(=O)(=O)N2CCOCC2)cc1NC(=O)COC(=O)[C@@H]1C[C@H]1C. The maximum Gasteiger partial charge on any atom is 0.309 e. The topological polar surface area (TPSA) is 111 Å². The molecule has 0 aromatic heterocycles. The minimum absolute atomic E-state index is 0.0364. The lowest BCUT2D eigenvalue weighted by Gasteiger charge is -2.26. The molecule has 1 aromatic carbocycles. The molecule has 0 unspecified atom stereocenters. The zero-order valence-electron chi connectivity index (χ0n) is 15.8. The van der Waals surface area contributed by atoms with Crippen molar-refractivity contribution in [1.82, 2.24) is 4.31 Å². The van der Waals surface area contributed by atoms with Crippen LogP contribution in [0.15, 0.2) is 23.1 Å². The fourth-order valence-corrected chi connectivity index (χ4v) is 4.40. The van der Waals surface area contributed by atoms with Gasteiger partial charge in [0.1, 0.15) is 5.75 Å². The summed E-state index contributed by atoms with van der Waals surface area (Å²) >= 11 is 0. The van der Waals surface area contributed by atoms with Crippen molar-refractivity contribution in [3.8, 4) is 5.75 Å². The normalized spacial score (nSPS) is 22.4. The number of nitrogens with one attached hydrogen (secondary N) is 1. The van der Waals surface area contributed by atoms with Crippen molar-refractivity contribution in [2.45, 2.75) is 18.2 Å². The summed E-state index contributed by atoms with van der Waals surface area (Å²) in [6.07, 6.45) is 0.774. The van der Waals surface area contributed by atoms with E-state index in [0.29, 0.717) is 19.0 Å². The second-order valence-corrected chi connectivity index (χ2v) is 8.79. The van der Waals surface area contributed by atoms with Gasteiger partial charge in [-0.2, -0.15) is 4.31 Å². The minimum atomic E-state index is -3.72. The number of esters is 1. The molecule has 2 aliphatic rings. The number of nitrogens with zero attached hydrogens (tertiary/aromatic N) is 1. The number of carbonyl (C=O) groups excluding carboxylic acids is 2. The molecule has 9 nitrogen and oxygen atoms in total. The molecule has 2 fully saturated rings. The summed E-state index contributed by atoms with van der Waals surface area (Å²) < 4.78 is 42.3. The average Bonchev–Trinajstić information content (AvgIpc) is 3.43. The Bertz CT molecular complexity index is 849. The van der Waals surface area contributed by atoms with Crippen molar-refractivity contribution in [3.63, 3.8) is 0 Å². The Kier molecular flexibility index (Phi) is 6.21. The van der Waals surface area contributed by atoms with Crippen molar-refractivity contribution in [3.05, 3.63) is 18.2 Å². The molecule has 1 saturated heterocycles. The lowest BCUT2D eigenvalue weighted by atomic mass is 10.3. The van der Waals surface area contributed by atoms with E-state index >= 15 is 0 Å². The van der Waals surface area contributed by atoms with E-state index in [1.165, 1.54) is 29.6 Å². The molecular formula is C18H24N2O7S. The van der Waals surface area contributed by atoms with Gasteiger partial charge in [-0.05, 0) is 30.5 Å². The molecule has 154 valence electrons. The summed E-state index contributed by atoms with van der Waals surface area (Å²) in [4.78, 5) is 23.9. The van der Waals surface area contributed by atoms with E-state index in [9.17, 15) is 18.0 Å². The van der Waals surface area contributed by atoms with Gasteiger partial charge < -0.3 is 19.5 Å². The summed E-state index contributed by atoms with van der Waals surface area (Å²) in [6.45, 7) is 2.72. The van der Waals surface area contributed by atoms with Gasteiger partial charge in [0.25, 0.3) is 5.91 Å². The van der Waals surface area contributed by atoms with Crippen LogP contribution in [0, 0.1) is 11.8 Å². The van der Waals surface area contributed by atoms with Crippen LogP contribution in [0.5, 0.6) is 5.75 Å². The number of ether oxygens (including phenoxy) is 3. The Labute approximate surface area is 164 Å². The number of hydrogen-bond donors (Lipinski definition) is 1. The first-order valence-electron chi connectivity index (χ1n) is 9.05. The van der Waals surface area contributed by atoms with Gasteiger partial charge in [-0.15, -0.1) is 0 Å². The second-order valence-electron chi connectivity index (χ2n) is 6.85. The fraction of sp³-hybridized carbons (Fsp3) is 0.556. The summed E-state index contributed by atoms with van der Waals surface area (Å²) in [5.74, 6) is -0.502. The van der Waals surface area contributed by atoms with Crippen LogP contribution in [0.3, 0.4) is 0 Å². The monoisotopic (exact) mass is 412 g/mol. The molecule has 1 N–H and O–H groups in total. The molecule has 2 atom stereocenters. The maximum absolute atomic E-state index is 12.8. The van der Waals surface area contributed by atoms with Crippen LogP contribution >= 0.6 is 0 Å². The molecule has 3 rings (SSSR count). The van der Waals surface area contributed by atoms with Gasteiger partial charge in [-0.3, -0.25) is 9.59 Å². The third-order valence-electron chi connectivity index (χ3n) is 4.81. The highest BCUT2D eigenvalue weighted by Gasteiger charge is 2.40. The standard InChI is InChI=1S/C18H24N2O7S/c1-12-9-14(12)18(22)27-11-17(21)19-15-10-13(3-4-16(15)25-2)28(23,24)20-5-7-26-8-6-20/h3-4,10,12,14H,5-9,11H2,1-2H3,(H,19,21)/t12-,14-/m1/s1. The number of benzene rings is 1. The molecule has 1 aliphatic carbocycles. The number of methoxy groups -OCH3 is 1. The van der Waals surface area contributed by atoms with Gasteiger partial charge >= 0.3 is 5.97 Å². The number of amides is 1. The van der Waals surface area contributed by atoms with Crippen LogP contribution in [-0.2, 0) is 29.1 Å². The highest BCUT2D eigenvalue weighted by Crippen LogP contribution is 2.38. The molecular weight excluding hydrogens is 388 g/mol. The smallest absolute Gasteiger partial charge is 0.309 e. The van der Waals surface area contributed by atoms with Crippen molar-refractivity contribution in [1.29, 1.82) is 0 Å². The van der Waals surface area contributed by atoms with Gasteiger partial charge in [0.05, 0.1) is 36.8 Å². The van der Waals surface area contributed by atoms with Crippen LogP contribution in [0.25, 0.3) is 0 Å². The molecule has 0 spiro atoms. The van der Waals surface area contributed by atoms with Gasteiger partial charge in [-0.25, -0.2) is 8.42 Å². The molecule has 0 radical (unpaired) electrons. The molecule has 10 heteroatoms. The molecule has 1 saturated carbocycles. The number of carbonyl (C=O) groups is 2. The van der Waals surface area contributed by atoms with Crippen molar-refractivity contribution in [2.75, 3.05) is 45.3 Å². The van der Waals surface area contributed by atoms with Crippen molar-refractivity contribution in [2.24, 2.45) is 11.8 Å². The van der Waals surface area contributed by atoms with Crippen LogP contribution in [0.1, 0.15) is 13.3 Å². The lowest BCUT2D eigenvalue weighted by molar-refractivity contribution is -0.148. The van der Waals surface area contributed by atoms with Crippen LogP contribution in [0.4, 0.5) is 5.69 Å². The van der Waals surface area contributed by atoms with E-state index in [1.54, 1.807) is 0 Å². The molecule has 1 heterocycles. The van der Waals surface area contributed by atoms with Crippen LogP contribution in [0.2, 0.25) is 0 Å². The summed E-state index contributed by atoms with van der Waals surface area (Å²) in [6, 6.07) is 4.24. The van der Waals surface area contributed by atoms with E-state index in [1.807, 2.05) is 6.92 Å². The van der Waals surface area contributed by atoms with Gasteiger partial charge in [-0.1, -0.05) is 6.92 Å². The minimum Gasteiger partial charge on any atom is -0.495 e. The number of anilines is 1. The number of hydrogen-bond acceptors (Lipinski definition) is 7. The summed E-state index contributed by atoms with van der Waals surface area (Å²) in [7, 11) is -2.31. The Hall–Kier alpha value is -2.17.